The Hall–Kier alpha value is -2.65. The predicted octanol–water partition coefficient (Wildman–Crippen LogP) is 1.82. The molecule has 3 saturated heterocycles. The Balaban J connectivity index is 1.40. The van der Waals surface area contributed by atoms with Crippen molar-refractivity contribution in [2.75, 3.05) is 39.8 Å². The van der Waals surface area contributed by atoms with E-state index in [9.17, 15) is 19.6 Å². The molecule has 0 aromatic heterocycles. The molecule has 3 unspecified atom stereocenters. The highest BCUT2D eigenvalue weighted by Crippen LogP contribution is 2.31. The molecule has 0 spiro atoms. The van der Waals surface area contributed by atoms with Crippen molar-refractivity contribution in [1.29, 1.82) is 0 Å². The molecule has 1 aromatic rings. The van der Waals surface area contributed by atoms with E-state index in [1.54, 1.807) is 22.3 Å². The zero-order chi connectivity index (χ0) is 23.4. The molecule has 0 saturated carbocycles. The molecule has 3 aliphatic rings. The first kappa shape index (κ1) is 23.5. The van der Waals surface area contributed by atoms with Crippen LogP contribution in [0.1, 0.15) is 43.6 Å². The number of amides is 3. The Morgan fingerprint density at radius 1 is 1.00 bits per heavy atom. The molecule has 180 valence electrons. The number of ether oxygens (including phenoxy) is 1. The minimum absolute atomic E-state index is 0.109. The second kappa shape index (κ2) is 10.5. The van der Waals surface area contributed by atoms with Crippen LogP contribution in [0.2, 0.25) is 0 Å². The van der Waals surface area contributed by atoms with Crippen molar-refractivity contribution in [3.63, 3.8) is 0 Å². The van der Waals surface area contributed by atoms with Crippen LogP contribution in [0, 0.1) is 5.92 Å². The fourth-order valence-electron chi connectivity index (χ4n) is 5.47. The fraction of sp³-hybridized carbons (Fsp3) is 0.625. The van der Waals surface area contributed by atoms with E-state index in [-0.39, 0.29) is 18.4 Å². The van der Waals surface area contributed by atoms with Crippen LogP contribution >= 0.6 is 0 Å². The summed E-state index contributed by atoms with van der Waals surface area (Å²) in [6, 6.07) is 9.63. The van der Waals surface area contributed by atoms with E-state index in [2.05, 4.69) is 12.1 Å². The maximum absolute atomic E-state index is 13.5. The number of benzene rings is 1. The fourth-order valence-corrected chi connectivity index (χ4v) is 5.47. The molecular formula is C24H34N4O5. The molecule has 9 nitrogen and oxygen atoms in total. The van der Waals surface area contributed by atoms with Gasteiger partial charge in [0.1, 0.15) is 12.1 Å². The summed E-state index contributed by atoms with van der Waals surface area (Å²) in [5, 5.41) is 9.33. The van der Waals surface area contributed by atoms with Gasteiger partial charge in [-0.2, -0.15) is 0 Å². The van der Waals surface area contributed by atoms with Crippen molar-refractivity contribution in [3.8, 4) is 0 Å². The van der Waals surface area contributed by atoms with Crippen LogP contribution in [0.4, 0.5) is 4.79 Å². The third-order valence-electron chi connectivity index (χ3n) is 7.27. The van der Waals surface area contributed by atoms with E-state index in [4.69, 9.17) is 4.74 Å². The summed E-state index contributed by atoms with van der Waals surface area (Å²) in [6.07, 6.45) is 2.99. The molecule has 3 heterocycles. The van der Waals surface area contributed by atoms with Crippen molar-refractivity contribution in [3.05, 3.63) is 35.9 Å². The van der Waals surface area contributed by atoms with Crippen molar-refractivity contribution in [1.82, 2.24) is 20.2 Å². The minimum atomic E-state index is -0.801. The molecular weight excluding hydrogens is 424 g/mol. The lowest BCUT2D eigenvalue weighted by molar-refractivity contribution is -0.152. The van der Waals surface area contributed by atoms with Gasteiger partial charge in [0.05, 0.1) is 5.92 Å². The summed E-state index contributed by atoms with van der Waals surface area (Å²) in [6.45, 7) is 2.99. The molecule has 3 fully saturated rings. The third kappa shape index (κ3) is 5.30. The van der Waals surface area contributed by atoms with Crippen LogP contribution in [0.3, 0.4) is 0 Å². The number of likely N-dealkylation sites (N-methyl/N-ethyl adjacent to an activating group) is 1. The number of likely N-dealkylation sites (tertiary alicyclic amines) is 3. The summed E-state index contributed by atoms with van der Waals surface area (Å²) in [7, 11) is 1.77. The van der Waals surface area contributed by atoms with E-state index < -0.39 is 24.0 Å². The number of hydroxylamine groups is 1. The molecule has 0 aliphatic carbocycles. The smallest absolute Gasteiger partial charge is 0.410 e. The molecule has 0 bridgehead atoms. The number of nitrogens with zero attached hydrogens (tertiary/aromatic N) is 3. The minimum Gasteiger partial charge on any atom is -0.445 e. The van der Waals surface area contributed by atoms with Crippen LogP contribution in [0.25, 0.3) is 0 Å². The lowest BCUT2D eigenvalue weighted by Crippen LogP contribution is -2.61. The molecule has 3 amide bonds. The monoisotopic (exact) mass is 458 g/mol. The van der Waals surface area contributed by atoms with E-state index in [0.717, 1.165) is 25.7 Å². The number of piperidine rings is 2. The van der Waals surface area contributed by atoms with Gasteiger partial charge in [-0.05, 0) is 50.6 Å². The molecule has 1 aromatic carbocycles. The summed E-state index contributed by atoms with van der Waals surface area (Å²) in [5.41, 5.74) is 3.00. The molecule has 2 N–H and O–H groups in total. The highest BCUT2D eigenvalue weighted by atomic mass is 16.6. The summed E-state index contributed by atoms with van der Waals surface area (Å²) < 4.78 is 5.67. The van der Waals surface area contributed by atoms with Crippen LogP contribution in [-0.4, -0.2) is 89.7 Å². The molecule has 9 heteroatoms. The SMILES string of the molecule is CN1CC(OC(=O)N2CCCC2)CC(C(=O)NO)C1C(=O)N1CCC(c2ccccc2)CC1. The van der Waals surface area contributed by atoms with Crippen molar-refractivity contribution < 1.29 is 24.3 Å². The second-order valence-electron chi connectivity index (χ2n) is 9.41. The third-order valence-corrected chi connectivity index (χ3v) is 7.27. The first-order valence-corrected chi connectivity index (χ1v) is 11.9. The van der Waals surface area contributed by atoms with Gasteiger partial charge in [-0.1, -0.05) is 30.3 Å². The van der Waals surface area contributed by atoms with Gasteiger partial charge in [0, 0.05) is 32.7 Å². The topological polar surface area (TPSA) is 102 Å². The normalized spacial score (nSPS) is 26.8. The average Bonchev–Trinajstić information content (AvgIpc) is 3.39. The van der Waals surface area contributed by atoms with Gasteiger partial charge in [-0.3, -0.25) is 19.7 Å². The second-order valence-corrected chi connectivity index (χ2v) is 9.41. The van der Waals surface area contributed by atoms with Gasteiger partial charge in [-0.15, -0.1) is 0 Å². The number of hydrogen-bond acceptors (Lipinski definition) is 6. The van der Waals surface area contributed by atoms with E-state index in [1.165, 1.54) is 5.56 Å². The highest BCUT2D eigenvalue weighted by molar-refractivity contribution is 5.90. The Labute approximate surface area is 194 Å². The Bertz CT molecular complexity index is 837. The predicted molar refractivity (Wildman–Crippen MR) is 121 cm³/mol. The average molecular weight is 459 g/mol. The summed E-state index contributed by atoms with van der Waals surface area (Å²) >= 11 is 0. The number of carbonyl (C=O) groups excluding carboxylic acids is 3. The zero-order valence-electron chi connectivity index (χ0n) is 19.2. The van der Waals surface area contributed by atoms with E-state index >= 15 is 0 Å². The quantitative estimate of drug-likeness (QED) is 0.527. The van der Waals surface area contributed by atoms with Crippen molar-refractivity contribution in [2.24, 2.45) is 5.92 Å². The van der Waals surface area contributed by atoms with Crippen LogP contribution < -0.4 is 5.48 Å². The molecule has 0 radical (unpaired) electrons. The van der Waals surface area contributed by atoms with E-state index in [0.29, 0.717) is 38.6 Å². The molecule has 3 aliphatic heterocycles. The number of hydrogen-bond donors (Lipinski definition) is 2. The van der Waals surface area contributed by atoms with Crippen molar-refractivity contribution in [2.45, 2.75) is 50.2 Å². The van der Waals surface area contributed by atoms with E-state index in [1.807, 2.05) is 23.1 Å². The van der Waals surface area contributed by atoms with Gasteiger partial charge >= 0.3 is 6.09 Å². The van der Waals surface area contributed by atoms with Crippen LogP contribution in [0.15, 0.2) is 30.3 Å². The Morgan fingerprint density at radius 2 is 1.67 bits per heavy atom. The standard InChI is InChI=1S/C24H34N4O5/c1-26-16-19(33-24(31)28-11-5-6-12-28)15-20(22(29)25-32)21(26)23(30)27-13-9-18(10-14-27)17-7-3-2-4-8-17/h2-4,7-8,18-21,32H,5-6,9-16H2,1H3,(H,25,29). The largest absolute Gasteiger partial charge is 0.445 e. The molecule has 4 rings (SSSR count). The molecule has 33 heavy (non-hydrogen) atoms. The first-order chi connectivity index (χ1) is 16.0. The maximum atomic E-state index is 13.5. The van der Waals surface area contributed by atoms with Gasteiger partial charge in [0.25, 0.3) is 0 Å². The van der Waals surface area contributed by atoms with Gasteiger partial charge in [0.15, 0.2) is 0 Å². The maximum Gasteiger partial charge on any atom is 0.410 e. The van der Waals surface area contributed by atoms with Gasteiger partial charge in [0.2, 0.25) is 11.8 Å². The lowest BCUT2D eigenvalue weighted by Gasteiger charge is -2.43. The van der Waals surface area contributed by atoms with Crippen LogP contribution in [-0.2, 0) is 14.3 Å². The number of rotatable bonds is 4. The highest BCUT2D eigenvalue weighted by Gasteiger charge is 2.46. The Morgan fingerprint density at radius 3 is 2.30 bits per heavy atom. The van der Waals surface area contributed by atoms with Gasteiger partial charge in [-0.25, -0.2) is 10.3 Å². The number of carbonyl (C=O) groups is 3. The molecule has 3 atom stereocenters. The summed E-state index contributed by atoms with van der Waals surface area (Å²) in [5.74, 6) is -1.11. The Kier molecular flexibility index (Phi) is 7.49. The zero-order valence-corrected chi connectivity index (χ0v) is 19.2. The number of nitrogens with one attached hydrogen (secondary N) is 1. The first-order valence-electron chi connectivity index (χ1n) is 11.9. The lowest BCUT2D eigenvalue weighted by atomic mass is 9.85. The van der Waals surface area contributed by atoms with Crippen molar-refractivity contribution >= 4 is 17.9 Å². The summed E-state index contributed by atoms with van der Waals surface area (Å²) in [4.78, 5) is 43.7. The van der Waals surface area contributed by atoms with Gasteiger partial charge < -0.3 is 14.5 Å². The van der Waals surface area contributed by atoms with Crippen LogP contribution in [0.5, 0.6) is 0 Å².